The van der Waals surface area contributed by atoms with Gasteiger partial charge in [-0.3, -0.25) is 9.59 Å². The molecule has 0 fully saturated rings. The molecule has 5 nitrogen and oxygen atoms in total. The second kappa shape index (κ2) is 7.65. The molecule has 5 heteroatoms. The van der Waals surface area contributed by atoms with E-state index < -0.39 is 6.04 Å². The van der Waals surface area contributed by atoms with E-state index in [1.165, 1.54) is 0 Å². The molecule has 0 aliphatic carbocycles. The third-order valence-corrected chi connectivity index (χ3v) is 2.96. The number of carbonyl (C=O) groups is 2. The Morgan fingerprint density at radius 1 is 1.30 bits per heavy atom. The molecule has 1 rings (SSSR count). The summed E-state index contributed by atoms with van der Waals surface area (Å²) in [5.41, 5.74) is 7.10. The number of ketones is 1. The van der Waals surface area contributed by atoms with E-state index in [1.54, 1.807) is 26.0 Å². The molecule has 0 amide bonds. The quantitative estimate of drug-likeness (QED) is 0.606. The number of benzene rings is 1. The number of Topliss-reactive ketones (excluding diaryl/α,β-unsaturated/α-hetero) is 1. The summed E-state index contributed by atoms with van der Waals surface area (Å²) in [7, 11) is 1.89. The summed E-state index contributed by atoms with van der Waals surface area (Å²) in [6.07, 6.45) is 0.338. The Morgan fingerprint density at radius 2 is 1.90 bits per heavy atom. The Labute approximate surface area is 119 Å². The van der Waals surface area contributed by atoms with Gasteiger partial charge in [0.15, 0.2) is 5.78 Å². The minimum Gasteiger partial charge on any atom is -0.466 e. The summed E-state index contributed by atoms with van der Waals surface area (Å²) >= 11 is 0. The van der Waals surface area contributed by atoms with Crippen LogP contribution in [0, 0.1) is 0 Å². The topological polar surface area (TPSA) is 72.6 Å². The third kappa shape index (κ3) is 4.66. The minimum absolute atomic E-state index is 0.0780. The molecule has 1 aromatic rings. The van der Waals surface area contributed by atoms with Crippen molar-refractivity contribution in [2.45, 2.75) is 26.3 Å². The average Bonchev–Trinajstić information content (AvgIpc) is 2.44. The normalized spacial score (nSPS) is 11.8. The van der Waals surface area contributed by atoms with Gasteiger partial charge >= 0.3 is 5.97 Å². The molecule has 0 aromatic heterocycles. The highest BCUT2D eigenvalue weighted by Gasteiger charge is 2.11. The van der Waals surface area contributed by atoms with Crippen molar-refractivity contribution in [2.75, 3.05) is 25.1 Å². The first-order valence-corrected chi connectivity index (χ1v) is 6.72. The highest BCUT2D eigenvalue weighted by Crippen LogP contribution is 2.15. The maximum atomic E-state index is 11.7. The molecule has 0 saturated heterocycles. The first-order chi connectivity index (χ1) is 9.45. The molecule has 110 valence electrons. The molecule has 0 radical (unpaired) electrons. The number of anilines is 1. The Hall–Kier alpha value is -1.88. The van der Waals surface area contributed by atoms with Crippen molar-refractivity contribution in [3.8, 4) is 0 Å². The summed E-state index contributed by atoms with van der Waals surface area (Å²) in [6.45, 7) is 4.42. The van der Waals surface area contributed by atoms with Crippen molar-refractivity contribution in [2.24, 2.45) is 5.73 Å². The number of nitrogens with zero attached hydrogens (tertiary/aromatic N) is 1. The Bertz CT molecular complexity index is 455. The fourth-order valence-corrected chi connectivity index (χ4v) is 1.76. The van der Waals surface area contributed by atoms with Gasteiger partial charge in [-0.25, -0.2) is 0 Å². The van der Waals surface area contributed by atoms with Crippen LogP contribution < -0.4 is 10.6 Å². The van der Waals surface area contributed by atoms with Crippen LogP contribution in [0.1, 0.15) is 30.6 Å². The number of nitrogens with two attached hydrogens (primary N) is 1. The number of carbonyl (C=O) groups excluding carboxylic acids is 2. The molecule has 0 heterocycles. The van der Waals surface area contributed by atoms with Crippen LogP contribution in [0.3, 0.4) is 0 Å². The standard InChI is InChI=1S/C15H22N2O3/c1-4-20-14(18)9-10-17(3)13-7-5-12(6-8-13)15(19)11(2)16/h5-8,11H,4,9-10,16H2,1-3H3. The van der Waals surface area contributed by atoms with Crippen molar-refractivity contribution in [1.29, 1.82) is 0 Å². The van der Waals surface area contributed by atoms with Gasteiger partial charge < -0.3 is 15.4 Å². The Morgan fingerprint density at radius 3 is 2.40 bits per heavy atom. The van der Waals surface area contributed by atoms with Gasteiger partial charge in [-0.05, 0) is 38.1 Å². The lowest BCUT2D eigenvalue weighted by Gasteiger charge is -2.19. The Balaban J connectivity index is 2.59. The van der Waals surface area contributed by atoms with Crippen molar-refractivity contribution in [1.82, 2.24) is 0 Å². The van der Waals surface area contributed by atoms with Gasteiger partial charge in [-0.2, -0.15) is 0 Å². The fourth-order valence-electron chi connectivity index (χ4n) is 1.76. The molecule has 1 atom stereocenters. The van der Waals surface area contributed by atoms with Gasteiger partial charge in [0.1, 0.15) is 0 Å². The first kappa shape index (κ1) is 16.2. The SMILES string of the molecule is CCOC(=O)CCN(C)c1ccc(C(=O)C(C)N)cc1. The second-order valence-corrected chi connectivity index (χ2v) is 4.68. The van der Waals surface area contributed by atoms with Crippen molar-refractivity contribution in [3.63, 3.8) is 0 Å². The van der Waals surface area contributed by atoms with Gasteiger partial charge in [0, 0.05) is 24.8 Å². The summed E-state index contributed by atoms with van der Waals surface area (Å²) in [5, 5.41) is 0. The van der Waals surface area contributed by atoms with E-state index in [4.69, 9.17) is 10.5 Å². The van der Waals surface area contributed by atoms with Crippen LogP contribution in [0.4, 0.5) is 5.69 Å². The largest absolute Gasteiger partial charge is 0.466 e. The zero-order valence-corrected chi connectivity index (χ0v) is 12.3. The number of ether oxygens (including phenoxy) is 1. The zero-order valence-electron chi connectivity index (χ0n) is 12.3. The van der Waals surface area contributed by atoms with E-state index in [-0.39, 0.29) is 11.8 Å². The fraction of sp³-hybridized carbons (Fsp3) is 0.467. The van der Waals surface area contributed by atoms with Crippen molar-refractivity contribution >= 4 is 17.4 Å². The van der Waals surface area contributed by atoms with Crippen LogP contribution in [0.25, 0.3) is 0 Å². The summed E-state index contributed by atoms with van der Waals surface area (Å²) in [5.74, 6) is -0.283. The molecular formula is C15H22N2O3. The molecular weight excluding hydrogens is 256 g/mol. The predicted octanol–water partition coefficient (Wildman–Crippen LogP) is 1.61. The molecule has 0 aliphatic rings. The molecule has 0 saturated carbocycles. The van der Waals surface area contributed by atoms with Crippen LogP contribution in [0.2, 0.25) is 0 Å². The molecule has 0 bridgehead atoms. The second-order valence-electron chi connectivity index (χ2n) is 4.68. The molecule has 2 N–H and O–H groups in total. The molecule has 0 spiro atoms. The van der Waals surface area contributed by atoms with Gasteiger partial charge in [-0.15, -0.1) is 0 Å². The predicted molar refractivity (Wildman–Crippen MR) is 78.9 cm³/mol. The van der Waals surface area contributed by atoms with Crippen LogP contribution in [0.15, 0.2) is 24.3 Å². The maximum absolute atomic E-state index is 11.7. The summed E-state index contributed by atoms with van der Waals surface area (Å²) < 4.78 is 4.88. The number of esters is 1. The summed E-state index contributed by atoms with van der Waals surface area (Å²) in [6, 6.07) is 6.70. The van der Waals surface area contributed by atoms with Gasteiger partial charge in [-0.1, -0.05) is 0 Å². The Kier molecular flexibility index (Phi) is 6.18. The average molecular weight is 278 g/mol. The monoisotopic (exact) mass is 278 g/mol. The molecule has 0 aliphatic heterocycles. The van der Waals surface area contributed by atoms with E-state index in [2.05, 4.69) is 0 Å². The van der Waals surface area contributed by atoms with Gasteiger partial charge in [0.05, 0.1) is 19.1 Å². The van der Waals surface area contributed by atoms with Crippen LogP contribution >= 0.6 is 0 Å². The van der Waals surface area contributed by atoms with E-state index >= 15 is 0 Å². The zero-order chi connectivity index (χ0) is 15.1. The highest BCUT2D eigenvalue weighted by molar-refractivity contribution is 5.99. The van der Waals surface area contributed by atoms with Crippen molar-refractivity contribution in [3.05, 3.63) is 29.8 Å². The van der Waals surface area contributed by atoms with Crippen LogP contribution in [0.5, 0.6) is 0 Å². The number of rotatable bonds is 7. The van der Waals surface area contributed by atoms with Crippen molar-refractivity contribution < 1.29 is 14.3 Å². The van der Waals surface area contributed by atoms with E-state index in [0.29, 0.717) is 25.1 Å². The van der Waals surface area contributed by atoms with E-state index in [1.807, 2.05) is 24.1 Å². The van der Waals surface area contributed by atoms with Gasteiger partial charge in [0.25, 0.3) is 0 Å². The number of hydrogen-bond acceptors (Lipinski definition) is 5. The first-order valence-electron chi connectivity index (χ1n) is 6.72. The number of hydrogen-bond donors (Lipinski definition) is 1. The molecule has 1 aromatic carbocycles. The smallest absolute Gasteiger partial charge is 0.307 e. The van der Waals surface area contributed by atoms with Crippen LogP contribution in [-0.2, 0) is 9.53 Å². The van der Waals surface area contributed by atoms with Crippen LogP contribution in [-0.4, -0.2) is 38.0 Å². The third-order valence-electron chi connectivity index (χ3n) is 2.96. The lowest BCUT2D eigenvalue weighted by molar-refractivity contribution is -0.142. The lowest BCUT2D eigenvalue weighted by atomic mass is 10.1. The van der Waals surface area contributed by atoms with E-state index in [9.17, 15) is 9.59 Å². The lowest BCUT2D eigenvalue weighted by Crippen LogP contribution is -2.26. The van der Waals surface area contributed by atoms with Gasteiger partial charge in [0.2, 0.25) is 0 Å². The highest BCUT2D eigenvalue weighted by atomic mass is 16.5. The molecule has 1 unspecified atom stereocenters. The van der Waals surface area contributed by atoms with E-state index in [0.717, 1.165) is 5.69 Å². The minimum atomic E-state index is -0.498. The summed E-state index contributed by atoms with van der Waals surface area (Å²) in [4.78, 5) is 24.9. The molecule has 20 heavy (non-hydrogen) atoms. The maximum Gasteiger partial charge on any atom is 0.307 e.